The van der Waals surface area contributed by atoms with Crippen molar-refractivity contribution in [1.29, 1.82) is 0 Å². The highest BCUT2D eigenvalue weighted by Crippen LogP contribution is 2.19. The fraction of sp³-hybridized carbons (Fsp3) is 0.214. The van der Waals surface area contributed by atoms with Crippen LogP contribution in [0.25, 0.3) is 0 Å². The third-order valence-corrected chi connectivity index (χ3v) is 4.42. The Morgan fingerprint density at radius 1 is 1.10 bits per heavy atom. The Balaban J connectivity index is 2.23. The van der Waals surface area contributed by atoms with Crippen LogP contribution in [0.4, 0.5) is 5.82 Å². The van der Waals surface area contributed by atoms with Crippen molar-refractivity contribution in [3.05, 3.63) is 53.2 Å². The molecular formula is C14H15ClN2O2S. The number of anilines is 1. The Hall–Kier alpha value is -1.59. The molecule has 0 unspecified atom stereocenters. The lowest BCUT2D eigenvalue weighted by atomic mass is 10.0. The minimum absolute atomic E-state index is 0.207. The lowest BCUT2D eigenvalue weighted by Gasteiger charge is -2.09. The van der Waals surface area contributed by atoms with Gasteiger partial charge in [0.2, 0.25) is 0 Å². The maximum absolute atomic E-state index is 12.2. The van der Waals surface area contributed by atoms with Gasteiger partial charge in [0.05, 0.1) is 9.92 Å². The molecule has 1 N–H and O–H groups in total. The third-order valence-electron chi connectivity index (χ3n) is 2.82. The van der Waals surface area contributed by atoms with Gasteiger partial charge in [0.1, 0.15) is 5.82 Å². The van der Waals surface area contributed by atoms with Gasteiger partial charge in [-0.15, -0.1) is 0 Å². The van der Waals surface area contributed by atoms with Crippen LogP contribution in [-0.4, -0.2) is 13.4 Å². The number of hydrogen-bond donors (Lipinski definition) is 1. The highest BCUT2D eigenvalue weighted by atomic mass is 35.5. The number of hydrogen-bond acceptors (Lipinski definition) is 3. The van der Waals surface area contributed by atoms with E-state index in [-0.39, 0.29) is 10.7 Å². The van der Waals surface area contributed by atoms with Crippen molar-refractivity contribution in [2.75, 3.05) is 4.72 Å². The topological polar surface area (TPSA) is 59.1 Å². The summed E-state index contributed by atoms with van der Waals surface area (Å²) in [7, 11) is -3.62. The van der Waals surface area contributed by atoms with Crippen LogP contribution in [0.1, 0.15) is 25.3 Å². The average molecular weight is 311 g/mol. The Labute approximate surface area is 123 Å². The zero-order valence-corrected chi connectivity index (χ0v) is 12.7. The number of pyridine rings is 1. The van der Waals surface area contributed by atoms with E-state index in [2.05, 4.69) is 23.6 Å². The lowest BCUT2D eigenvalue weighted by molar-refractivity contribution is 0.601. The second-order valence-electron chi connectivity index (χ2n) is 4.69. The minimum Gasteiger partial charge on any atom is -0.263 e. The van der Waals surface area contributed by atoms with Crippen LogP contribution >= 0.6 is 11.6 Å². The van der Waals surface area contributed by atoms with Gasteiger partial charge in [-0.3, -0.25) is 4.72 Å². The SMILES string of the molecule is CC(C)c1ccc(S(=O)(=O)Nc2ccc(Cl)cn2)cc1. The molecule has 2 rings (SSSR count). The predicted molar refractivity (Wildman–Crippen MR) is 80.6 cm³/mol. The summed E-state index contributed by atoms with van der Waals surface area (Å²) in [6, 6.07) is 9.90. The maximum Gasteiger partial charge on any atom is 0.263 e. The second-order valence-corrected chi connectivity index (χ2v) is 6.81. The molecule has 0 spiro atoms. The van der Waals surface area contributed by atoms with Crippen LogP contribution in [-0.2, 0) is 10.0 Å². The van der Waals surface area contributed by atoms with E-state index < -0.39 is 10.0 Å². The molecule has 0 saturated carbocycles. The molecule has 0 radical (unpaired) electrons. The molecule has 0 aliphatic carbocycles. The van der Waals surface area contributed by atoms with Gasteiger partial charge in [-0.05, 0) is 35.7 Å². The number of rotatable bonds is 4. The van der Waals surface area contributed by atoms with E-state index in [9.17, 15) is 8.42 Å². The van der Waals surface area contributed by atoms with Gasteiger partial charge in [-0.2, -0.15) is 0 Å². The number of sulfonamides is 1. The highest BCUT2D eigenvalue weighted by molar-refractivity contribution is 7.92. The second kappa shape index (κ2) is 5.81. The predicted octanol–water partition coefficient (Wildman–Crippen LogP) is 3.66. The number of nitrogens with one attached hydrogen (secondary N) is 1. The Kier molecular flexibility index (Phi) is 4.30. The van der Waals surface area contributed by atoms with Gasteiger partial charge in [-0.1, -0.05) is 37.6 Å². The molecule has 0 bridgehead atoms. The largest absolute Gasteiger partial charge is 0.263 e. The summed E-state index contributed by atoms with van der Waals surface area (Å²) in [5, 5.41) is 0.453. The zero-order chi connectivity index (χ0) is 14.8. The smallest absolute Gasteiger partial charge is 0.263 e. The van der Waals surface area contributed by atoms with E-state index >= 15 is 0 Å². The van der Waals surface area contributed by atoms with Crippen molar-refractivity contribution in [3.8, 4) is 0 Å². The molecule has 106 valence electrons. The lowest BCUT2D eigenvalue weighted by Crippen LogP contribution is -2.13. The van der Waals surface area contributed by atoms with Crippen molar-refractivity contribution < 1.29 is 8.42 Å². The van der Waals surface area contributed by atoms with Crippen LogP contribution in [0.15, 0.2) is 47.5 Å². The number of halogens is 1. The molecule has 0 aliphatic rings. The summed E-state index contributed by atoms with van der Waals surface area (Å²) in [5.41, 5.74) is 1.09. The van der Waals surface area contributed by atoms with Crippen LogP contribution in [0.5, 0.6) is 0 Å². The summed E-state index contributed by atoms with van der Waals surface area (Å²) in [6.45, 7) is 4.11. The molecule has 6 heteroatoms. The van der Waals surface area contributed by atoms with E-state index in [0.717, 1.165) is 5.56 Å². The number of benzene rings is 1. The van der Waals surface area contributed by atoms with E-state index in [1.807, 2.05) is 12.1 Å². The van der Waals surface area contributed by atoms with Crippen molar-refractivity contribution >= 4 is 27.4 Å². The van der Waals surface area contributed by atoms with Gasteiger partial charge in [0.15, 0.2) is 0 Å². The van der Waals surface area contributed by atoms with Gasteiger partial charge >= 0.3 is 0 Å². The molecule has 0 aliphatic heterocycles. The number of aromatic nitrogens is 1. The number of nitrogens with zero attached hydrogens (tertiary/aromatic N) is 1. The van der Waals surface area contributed by atoms with Crippen LogP contribution in [0.3, 0.4) is 0 Å². The maximum atomic E-state index is 12.2. The van der Waals surface area contributed by atoms with Gasteiger partial charge < -0.3 is 0 Å². The quantitative estimate of drug-likeness (QED) is 0.937. The Morgan fingerprint density at radius 3 is 2.25 bits per heavy atom. The summed E-state index contributed by atoms with van der Waals surface area (Å²) in [5.74, 6) is 0.597. The average Bonchev–Trinajstić information content (AvgIpc) is 2.41. The first-order valence-electron chi connectivity index (χ1n) is 6.13. The van der Waals surface area contributed by atoms with E-state index in [4.69, 9.17) is 11.6 Å². The van der Waals surface area contributed by atoms with Crippen LogP contribution in [0, 0.1) is 0 Å². The highest BCUT2D eigenvalue weighted by Gasteiger charge is 2.14. The Morgan fingerprint density at radius 2 is 1.75 bits per heavy atom. The fourth-order valence-electron chi connectivity index (χ4n) is 1.66. The van der Waals surface area contributed by atoms with Crippen LogP contribution < -0.4 is 4.72 Å². The molecule has 0 fully saturated rings. The van der Waals surface area contributed by atoms with E-state index in [1.165, 1.54) is 12.3 Å². The summed E-state index contributed by atoms with van der Waals surface area (Å²) in [4.78, 5) is 4.12. The molecule has 4 nitrogen and oxygen atoms in total. The molecule has 1 heterocycles. The van der Waals surface area contributed by atoms with E-state index in [1.54, 1.807) is 18.2 Å². The molecule has 1 aromatic heterocycles. The molecule has 1 aromatic carbocycles. The monoisotopic (exact) mass is 310 g/mol. The van der Waals surface area contributed by atoms with Crippen molar-refractivity contribution in [2.24, 2.45) is 0 Å². The van der Waals surface area contributed by atoms with Gasteiger partial charge in [-0.25, -0.2) is 13.4 Å². The Bertz CT molecular complexity index is 680. The van der Waals surface area contributed by atoms with Gasteiger partial charge in [0, 0.05) is 6.20 Å². The third kappa shape index (κ3) is 3.49. The summed E-state index contributed by atoms with van der Waals surface area (Å²) >= 11 is 5.71. The minimum atomic E-state index is -3.62. The van der Waals surface area contributed by atoms with Crippen molar-refractivity contribution in [3.63, 3.8) is 0 Å². The first-order valence-corrected chi connectivity index (χ1v) is 7.99. The summed E-state index contributed by atoms with van der Waals surface area (Å²) in [6.07, 6.45) is 1.39. The fourth-order valence-corrected chi connectivity index (χ4v) is 2.78. The molecular weight excluding hydrogens is 296 g/mol. The molecule has 2 aromatic rings. The normalized spacial score (nSPS) is 11.6. The first-order chi connectivity index (χ1) is 9.38. The molecule has 0 atom stereocenters. The zero-order valence-electron chi connectivity index (χ0n) is 11.2. The van der Waals surface area contributed by atoms with Crippen LogP contribution in [0.2, 0.25) is 5.02 Å². The standard InChI is InChI=1S/C14H15ClN2O2S/c1-10(2)11-3-6-13(7-4-11)20(18,19)17-14-8-5-12(15)9-16-14/h3-10H,1-2H3,(H,16,17). The molecule has 0 saturated heterocycles. The van der Waals surface area contributed by atoms with E-state index in [0.29, 0.717) is 10.9 Å². The van der Waals surface area contributed by atoms with Gasteiger partial charge in [0.25, 0.3) is 10.0 Å². The molecule has 20 heavy (non-hydrogen) atoms. The molecule has 0 amide bonds. The van der Waals surface area contributed by atoms with Crippen molar-refractivity contribution in [2.45, 2.75) is 24.7 Å². The summed E-state index contributed by atoms with van der Waals surface area (Å²) < 4.78 is 26.8. The van der Waals surface area contributed by atoms with Crippen molar-refractivity contribution in [1.82, 2.24) is 4.98 Å². The first kappa shape index (κ1) is 14.8.